The van der Waals surface area contributed by atoms with E-state index in [2.05, 4.69) is 5.32 Å². The summed E-state index contributed by atoms with van der Waals surface area (Å²) in [4.78, 5) is 0. The Balaban J connectivity index is 1.77. The molecule has 1 aliphatic carbocycles. The van der Waals surface area contributed by atoms with Gasteiger partial charge in [0.2, 0.25) is 0 Å². The minimum atomic E-state index is -0.190. The van der Waals surface area contributed by atoms with Crippen LogP contribution in [0.4, 0.5) is 0 Å². The van der Waals surface area contributed by atoms with Gasteiger partial charge in [-0.25, -0.2) is 0 Å². The van der Waals surface area contributed by atoms with Gasteiger partial charge in [-0.2, -0.15) is 0 Å². The Morgan fingerprint density at radius 1 is 1.00 bits per heavy atom. The van der Waals surface area contributed by atoms with E-state index in [-0.39, 0.29) is 5.79 Å². The first-order chi connectivity index (χ1) is 6.83. The summed E-state index contributed by atoms with van der Waals surface area (Å²) in [5.41, 5.74) is 0.489. The van der Waals surface area contributed by atoms with Gasteiger partial charge in [-0.15, -0.1) is 0 Å². The average molecular weight is 197 g/mol. The van der Waals surface area contributed by atoms with E-state index in [1.807, 2.05) is 0 Å². The van der Waals surface area contributed by atoms with E-state index in [9.17, 15) is 0 Å². The van der Waals surface area contributed by atoms with Crippen LogP contribution in [-0.4, -0.2) is 32.1 Å². The van der Waals surface area contributed by atoms with Gasteiger partial charge >= 0.3 is 0 Å². The van der Waals surface area contributed by atoms with E-state index in [1.54, 1.807) is 0 Å². The Labute approximate surface area is 85.1 Å². The van der Waals surface area contributed by atoms with E-state index >= 15 is 0 Å². The molecule has 3 aliphatic rings. The number of nitrogens with one attached hydrogen (secondary N) is 1. The Kier molecular flexibility index (Phi) is 2.08. The van der Waals surface area contributed by atoms with Gasteiger partial charge < -0.3 is 14.8 Å². The minimum Gasteiger partial charge on any atom is -0.348 e. The van der Waals surface area contributed by atoms with Crippen molar-refractivity contribution in [1.29, 1.82) is 0 Å². The first kappa shape index (κ1) is 9.13. The number of ether oxygens (including phenoxy) is 2. The summed E-state index contributed by atoms with van der Waals surface area (Å²) in [6.45, 7) is 3.94. The van der Waals surface area contributed by atoms with Gasteiger partial charge in [0.05, 0.1) is 13.2 Å². The van der Waals surface area contributed by atoms with Crippen LogP contribution in [0, 0.1) is 5.41 Å². The average Bonchev–Trinajstić information content (AvgIpc) is 2.77. The van der Waals surface area contributed by atoms with Crippen molar-refractivity contribution in [1.82, 2.24) is 5.32 Å². The summed E-state index contributed by atoms with van der Waals surface area (Å²) in [5.74, 6) is -0.190. The molecule has 2 saturated heterocycles. The molecule has 3 nitrogen and oxygen atoms in total. The highest BCUT2D eigenvalue weighted by molar-refractivity contribution is 4.97. The summed E-state index contributed by atoms with van der Waals surface area (Å²) in [5, 5.41) is 3.48. The van der Waals surface area contributed by atoms with Crippen molar-refractivity contribution in [2.75, 3.05) is 26.3 Å². The fraction of sp³-hybridized carbons (Fsp3) is 1.00. The van der Waals surface area contributed by atoms with Gasteiger partial charge in [-0.1, -0.05) is 0 Å². The molecule has 2 heterocycles. The predicted molar refractivity (Wildman–Crippen MR) is 53.0 cm³/mol. The Morgan fingerprint density at radius 2 is 1.86 bits per heavy atom. The molecule has 0 aromatic heterocycles. The van der Waals surface area contributed by atoms with Gasteiger partial charge in [0.15, 0.2) is 5.79 Å². The monoisotopic (exact) mass is 197 g/mol. The van der Waals surface area contributed by atoms with Gasteiger partial charge in [0.25, 0.3) is 0 Å². The molecular formula is C11H19NO2. The zero-order valence-electron chi connectivity index (χ0n) is 8.68. The Hall–Kier alpha value is -0.120. The summed E-state index contributed by atoms with van der Waals surface area (Å²) < 4.78 is 11.6. The molecule has 0 aromatic carbocycles. The van der Waals surface area contributed by atoms with Gasteiger partial charge in [0, 0.05) is 19.4 Å². The molecule has 1 N–H and O–H groups in total. The largest absolute Gasteiger partial charge is 0.348 e. The Bertz CT molecular complexity index is 195. The van der Waals surface area contributed by atoms with E-state index in [0.717, 1.165) is 26.1 Å². The molecule has 1 unspecified atom stereocenters. The fourth-order valence-electron chi connectivity index (χ4n) is 3.38. The normalized spacial score (nSPS) is 41.1. The highest BCUT2D eigenvalue weighted by Gasteiger charge is 2.49. The second kappa shape index (κ2) is 3.19. The molecular weight excluding hydrogens is 178 g/mol. The number of hydrogen-bond donors (Lipinski definition) is 1. The van der Waals surface area contributed by atoms with Crippen molar-refractivity contribution in [3.8, 4) is 0 Å². The molecule has 2 spiro atoms. The first-order valence-corrected chi connectivity index (χ1v) is 5.81. The highest BCUT2D eigenvalue weighted by Crippen LogP contribution is 2.48. The van der Waals surface area contributed by atoms with E-state index < -0.39 is 0 Å². The lowest BCUT2D eigenvalue weighted by atomic mass is 9.71. The molecule has 3 heteroatoms. The van der Waals surface area contributed by atoms with E-state index in [4.69, 9.17) is 9.47 Å². The molecule has 1 saturated carbocycles. The fourth-order valence-corrected chi connectivity index (χ4v) is 3.38. The molecule has 0 radical (unpaired) electrons. The van der Waals surface area contributed by atoms with Crippen LogP contribution in [0.25, 0.3) is 0 Å². The predicted octanol–water partition coefficient (Wildman–Crippen LogP) is 1.28. The molecule has 0 bridgehead atoms. The van der Waals surface area contributed by atoms with Crippen molar-refractivity contribution in [3.05, 3.63) is 0 Å². The van der Waals surface area contributed by atoms with Crippen molar-refractivity contribution in [3.63, 3.8) is 0 Å². The second-order valence-electron chi connectivity index (χ2n) is 5.06. The van der Waals surface area contributed by atoms with Crippen molar-refractivity contribution < 1.29 is 9.47 Å². The van der Waals surface area contributed by atoms with Crippen LogP contribution in [0.5, 0.6) is 0 Å². The van der Waals surface area contributed by atoms with Crippen molar-refractivity contribution >= 4 is 0 Å². The quantitative estimate of drug-likeness (QED) is 0.634. The lowest BCUT2D eigenvalue weighted by Gasteiger charge is -2.42. The van der Waals surface area contributed by atoms with Crippen LogP contribution < -0.4 is 5.32 Å². The summed E-state index contributed by atoms with van der Waals surface area (Å²) in [7, 11) is 0. The second-order valence-corrected chi connectivity index (χ2v) is 5.06. The minimum absolute atomic E-state index is 0.190. The maximum absolute atomic E-state index is 5.82. The molecule has 80 valence electrons. The lowest BCUT2D eigenvalue weighted by molar-refractivity contribution is -0.199. The van der Waals surface area contributed by atoms with Crippen molar-refractivity contribution in [2.24, 2.45) is 5.41 Å². The summed E-state index contributed by atoms with van der Waals surface area (Å²) >= 11 is 0. The third kappa shape index (κ3) is 1.38. The van der Waals surface area contributed by atoms with Crippen molar-refractivity contribution in [2.45, 2.75) is 37.9 Å². The van der Waals surface area contributed by atoms with E-state index in [1.165, 1.54) is 32.4 Å². The molecule has 1 atom stereocenters. The molecule has 2 aliphatic heterocycles. The van der Waals surface area contributed by atoms with Crippen LogP contribution in [0.1, 0.15) is 32.1 Å². The summed E-state index contributed by atoms with van der Waals surface area (Å²) in [6.07, 6.45) is 6.15. The highest BCUT2D eigenvalue weighted by atomic mass is 16.7. The zero-order chi connectivity index (χ0) is 9.49. The summed E-state index contributed by atoms with van der Waals surface area (Å²) in [6, 6.07) is 0. The lowest BCUT2D eigenvalue weighted by Crippen LogP contribution is -2.43. The van der Waals surface area contributed by atoms with Crippen LogP contribution in [-0.2, 0) is 9.47 Å². The molecule has 14 heavy (non-hydrogen) atoms. The third-order valence-corrected chi connectivity index (χ3v) is 4.05. The van der Waals surface area contributed by atoms with E-state index in [0.29, 0.717) is 5.41 Å². The van der Waals surface area contributed by atoms with Crippen LogP contribution in [0.3, 0.4) is 0 Å². The topological polar surface area (TPSA) is 30.5 Å². The molecule has 3 fully saturated rings. The standard InChI is InChI=1S/C11H19NO2/c1-2-10(4-5-12-9-10)8-11(3-1)13-6-7-14-11/h12H,1-9H2. The van der Waals surface area contributed by atoms with Gasteiger partial charge in [-0.3, -0.25) is 0 Å². The third-order valence-electron chi connectivity index (χ3n) is 4.05. The first-order valence-electron chi connectivity index (χ1n) is 5.81. The molecule has 0 amide bonds. The van der Waals surface area contributed by atoms with Gasteiger partial charge in [0.1, 0.15) is 0 Å². The SMILES string of the molecule is C1CC2(CCNC2)CC2(C1)OCCO2. The van der Waals surface area contributed by atoms with Gasteiger partial charge in [-0.05, 0) is 31.2 Å². The van der Waals surface area contributed by atoms with Crippen LogP contribution in [0.15, 0.2) is 0 Å². The maximum atomic E-state index is 5.82. The number of hydrogen-bond acceptors (Lipinski definition) is 3. The zero-order valence-corrected chi connectivity index (χ0v) is 8.68. The Morgan fingerprint density at radius 3 is 2.57 bits per heavy atom. The smallest absolute Gasteiger partial charge is 0.169 e. The van der Waals surface area contributed by atoms with Crippen LogP contribution in [0.2, 0.25) is 0 Å². The molecule has 3 rings (SSSR count). The van der Waals surface area contributed by atoms with Crippen LogP contribution >= 0.6 is 0 Å². The maximum Gasteiger partial charge on any atom is 0.169 e. The number of rotatable bonds is 0. The molecule has 0 aromatic rings.